The third-order valence-corrected chi connectivity index (χ3v) is 2.95. The van der Waals surface area contributed by atoms with E-state index in [9.17, 15) is 14.0 Å². The summed E-state index contributed by atoms with van der Waals surface area (Å²) < 4.78 is 12.7. The van der Waals surface area contributed by atoms with Crippen LogP contribution in [0.3, 0.4) is 0 Å². The SMILES string of the molecule is O=C(CCNC(=O)c1ccccc1)NN=Cc1ccc(F)cc1. The molecule has 0 heterocycles. The van der Waals surface area contributed by atoms with Crippen molar-refractivity contribution < 1.29 is 14.0 Å². The first-order valence-corrected chi connectivity index (χ1v) is 7.06. The number of carbonyl (C=O) groups excluding carboxylic acids is 2. The minimum absolute atomic E-state index is 0.110. The number of carbonyl (C=O) groups is 2. The van der Waals surface area contributed by atoms with Gasteiger partial charge in [0.1, 0.15) is 5.82 Å². The molecule has 0 saturated heterocycles. The Kier molecular flexibility index (Phi) is 5.99. The molecule has 2 aromatic rings. The van der Waals surface area contributed by atoms with Gasteiger partial charge in [0.05, 0.1) is 6.21 Å². The molecule has 0 aliphatic carbocycles. The summed E-state index contributed by atoms with van der Waals surface area (Å²) in [5.74, 6) is -0.884. The number of hydrazone groups is 1. The van der Waals surface area contributed by atoms with Crippen LogP contribution in [-0.4, -0.2) is 24.6 Å². The Morgan fingerprint density at radius 1 is 1.04 bits per heavy atom. The van der Waals surface area contributed by atoms with E-state index in [1.165, 1.54) is 18.3 Å². The number of hydrogen-bond acceptors (Lipinski definition) is 3. The van der Waals surface area contributed by atoms with Crippen molar-refractivity contribution in [3.05, 3.63) is 71.5 Å². The highest BCUT2D eigenvalue weighted by Gasteiger charge is 2.05. The van der Waals surface area contributed by atoms with Crippen molar-refractivity contribution in [1.29, 1.82) is 0 Å². The maximum absolute atomic E-state index is 12.7. The third-order valence-electron chi connectivity index (χ3n) is 2.95. The van der Waals surface area contributed by atoms with Gasteiger partial charge in [-0.3, -0.25) is 9.59 Å². The first kappa shape index (κ1) is 16.4. The van der Waals surface area contributed by atoms with Crippen molar-refractivity contribution in [2.75, 3.05) is 6.54 Å². The molecular weight excluding hydrogens is 297 g/mol. The average molecular weight is 313 g/mol. The molecule has 0 aromatic heterocycles. The number of nitrogens with one attached hydrogen (secondary N) is 2. The molecule has 5 nitrogen and oxygen atoms in total. The third kappa shape index (κ3) is 5.70. The predicted molar refractivity (Wildman–Crippen MR) is 85.5 cm³/mol. The molecule has 2 aromatic carbocycles. The van der Waals surface area contributed by atoms with Gasteiger partial charge in [-0.05, 0) is 29.8 Å². The van der Waals surface area contributed by atoms with Gasteiger partial charge < -0.3 is 5.32 Å². The van der Waals surface area contributed by atoms with Gasteiger partial charge in [0.15, 0.2) is 0 Å². The summed E-state index contributed by atoms with van der Waals surface area (Å²) in [5, 5.41) is 6.42. The van der Waals surface area contributed by atoms with Crippen LogP contribution in [-0.2, 0) is 4.79 Å². The monoisotopic (exact) mass is 313 g/mol. The van der Waals surface area contributed by atoms with Gasteiger partial charge in [-0.15, -0.1) is 0 Å². The number of rotatable bonds is 6. The van der Waals surface area contributed by atoms with E-state index >= 15 is 0 Å². The fraction of sp³-hybridized carbons (Fsp3) is 0.118. The molecule has 2 N–H and O–H groups in total. The summed E-state index contributed by atoms with van der Waals surface area (Å²) in [5.41, 5.74) is 3.56. The maximum Gasteiger partial charge on any atom is 0.251 e. The van der Waals surface area contributed by atoms with Crippen LogP contribution < -0.4 is 10.7 Å². The topological polar surface area (TPSA) is 70.6 Å². The highest BCUT2D eigenvalue weighted by atomic mass is 19.1. The van der Waals surface area contributed by atoms with E-state index in [0.717, 1.165) is 0 Å². The summed E-state index contributed by atoms with van der Waals surface area (Å²) in [4.78, 5) is 23.3. The van der Waals surface area contributed by atoms with Gasteiger partial charge in [-0.1, -0.05) is 30.3 Å². The number of benzene rings is 2. The van der Waals surface area contributed by atoms with Crippen LogP contribution >= 0.6 is 0 Å². The molecule has 23 heavy (non-hydrogen) atoms. The van der Waals surface area contributed by atoms with Crippen LogP contribution in [0.1, 0.15) is 22.3 Å². The van der Waals surface area contributed by atoms with E-state index < -0.39 is 0 Å². The minimum atomic E-state index is -0.333. The zero-order chi connectivity index (χ0) is 16.5. The summed E-state index contributed by atoms with van der Waals surface area (Å²) in [6, 6.07) is 14.5. The molecule has 2 rings (SSSR count). The highest BCUT2D eigenvalue weighted by molar-refractivity contribution is 5.94. The summed E-state index contributed by atoms with van der Waals surface area (Å²) in [6.07, 6.45) is 1.53. The quantitative estimate of drug-likeness (QED) is 0.633. The molecule has 0 fully saturated rings. The number of nitrogens with zero attached hydrogens (tertiary/aromatic N) is 1. The summed E-state index contributed by atoms with van der Waals surface area (Å²) >= 11 is 0. The van der Waals surface area contributed by atoms with Crippen LogP contribution in [0.4, 0.5) is 4.39 Å². The largest absolute Gasteiger partial charge is 0.352 e. The van der Waals surface area contributed by atoms with Crippen molar-refractivity contribution in [3.63, 3.8) is 0 Å². The summed E-state index contributed by atoms with van der Waals surface area (Å²) in [6.45, 7) is 0.214. The van der Waals surface area contributed by atoms with Crippen LogP contribution in [0.5, 0.6) is 0 Å². The van der Waals surface area contributed by atoms with Gasteiger partial charge >= 0.3 is 0 Å². The fourth-order valence-electron chi connectivity index (χ4n) is 1.76. The smallest absolute Gasteiger partial charge is 0.251 e. The van der Waals surface area contributed by atoms with Crippen molar-refractivity contribution in [3.8, 4) is 0 Å². The first-order valence-electron chi connectivity index (χ1n) is 7.06. The van der Waals surface area contributed by atoms with Crippen LogP contribution in [0, 0.1) is 5.82 Å². The van der Waals surface area contributed by atoms with Gasteiger partial charge in [0.2, 0.25) is 5.91 Å². The Bertz CT molecular complexity index is 685. The van der Waals surface area contributed by atoms with Gasteiger partial charge in [-0.2, -0.15) is 5.10 Å². The molecule has 0 atom stereocenters. The average Bonchev–Trinajstić information content (AvgIpc) is 2.57. The van der Waals surface area contributed by atoms with Gasteiger partial charge in [-0.25, -0.2) is 9.82 Å². The number of halogens is 1. The van der Waals surface area contributed by atoms with Crippen molar-refractivity contribution >= 4 is 18.0 Å². The standard InChI is InChI=1S/C17H16FN3O2/c18-15-8-6-13(7-9-15)12-20-21-16(22)10-11-19-17(23)14-4-2-1-3-5-14/h1-9,12H,10-11H2,(H,19,23)(H,21,22). The van der Waals surface area contributed by atoms with E-state index in [1.54, 1.807) is 36.4 Å². The molecule has 0 radical (unpaired) electrons. The van der Waals surface area contributed by atoms with Crippen LogP contribution in [0.15, 0.2) is 59.7 Å². The predicted octanol–water partition coefficient (Wildman–Crippen LogP) is 2.10. The minimum Gasteiger partial charge on any atom is -0.352 e. The molecule has 6 heteroatoms. The second-order valence-electron chi connectivity index (χ2n) is 4.72. The first-order chi connectivity index (χ1) is 11.1. The maximum atomic E-state index is 12.7. The normalized spacial score (nSPS) is 10.5. The van der Waals surface area contributed by atoms with E-state index in [-0.39, 0.29) is 30.6 Å². The van der Waals surface area contributed by atoms with Gasteiger partial charge in [0, 0.05) is 18.5 Å². The van der Waals surface area contributed by atoms with Crippen LogP contribution in [0.2, 0.25) is 0 Å². The zero-order valence-corrected chi connectivity index (χ0v) is 12.3. The Labute approximate surface area is 133 Å². The van der Waals surface area contributed by atoms with Crippen molar-refractivity contribution in [2.24, 2.45) is 5.10 Å². The molecule has 0 spiro atoms. The van der Waals surface area contributed by atoms with Gasteiger partial charge in [0.25, 0.3) is 5.91 Å². The molecule has 0 saturated carbocycles. The molecule has 118 valence electrons. The lowest BCUT2D eigenvalue weighted by Crippen LogP contribution is -2.28. The molecule has 0 aliphatic heterocycles. The van der Waals surface area contributed by atoms with E-state index in [0.29, 0.717) is 11.1 Å². The van der Waals surface area contributed by atoms with E-state index in [1.807, 2.05) is 6.07 Å². The zero-order valence-electron chi connectivity index (χ0n) is 12.3. The Morgan fingerprint density at radius 3 is 2.43 bits per heavy atom. The lowest BCUT2D eigenvalue weighted by Gasteiger charge is -2.04. The molecule has 0 aliphatic rings. The van der Waals surface area contributed by atoms with E-state index in [4.69, 9.17) is 0 Å². The Hall–Kier alpha value is -3.02. The lowest BCUT2D eigenvalue weighted by molar-refractivity contribution is -0.120. The highest BCUT2D eigenvalue weighted by Crippen LogP contribution is 1.99. The Balaban J connectivity index is 1.69. The Morgan fingerprint density at radius 2 is 1.74 bits per heavy atom. The summed E-state index contributed by atoms with van der Waals surface area (Å²) in [7, 11) is 0. The molecule has 2 amide bonds. The number of hydrogen-bond donors (Lipinski definition) is 2. The lowest BCUT2D eigenvalue weighted by atomic mass is 10.2. The van der Waals surface area contributed by atoms with E-state index in [2.05, 4.69) is 15.8 Å². The molecule has 0 bridgehead atoms. The van der Waals surface area contributed by atoms with Crippen molar-refractivity contribution in [2.45, 2.75) is 6.42 Å². The van der Waals surface area contributed by atoms with Crippen molar-refractivity contribution in [1.82, 2.24) is 10.7 Å². The number of amides is 2. The molecular formula is C17H16FN3O2. The molecule has 0 unspecified atom stereocenters. The van der Waals surface area contributed by atoms with Crippen LogP contribution in [0.25, 0.3) is 0 Å². The fourth-order valence-corrected chi connectivity index (χ4v) is 1.76. The second kappa shape index (κ2) is 8.43. The second-order valence-corrected chi connectivity index (χ2v) is 4.72.